The van der Waals surface area contributed by atoms with Gasteiger partial charge in [0.15, 0.2) is 0 Å². The van der Waals surface area contributed by atoms with Crippen LogP contribution in [0.4, 0.5) is 0 Å². The highest BCUT2D eigenvalue weighted by Gasteiger charge is 2.14. The average Bonchev–Trinajstić information content (AvgIpc) is 2.53. The quantitative estimate of drug-likeness (QED) is 0.666. The lowest BCUT2D eigenvalue weighted by atomic mass is 10.3. The van der Waals surface area contributed by atoms with Gasteiger partial charge in [0.25, 0.3) is 0 Å². The number of carboxylic acid groups (broad SMARTS) is 2. The largest absolute Gasteiger partial charge is 0.480 e. The molecule has 1 aromatic heterocycles. The number of aliphatic carboxylic acids is 2. The Kier molecular flexibility index (Phi) is 3.81. The van der Waals surface area contributed by atoms with E-state index in [4.69, 9.17) is 10.2 Å². The third-order valence-corrected chi connectivity index (χ3v) is 1.61. The molecule has 0 fully saturated rings. The SMILES string of the molecule is O=C(O)CN(CC(=O)O)Cc1cnoc1. The Bertz CT molecular complexity index is 319. The lowest BCUT2D eigenvalue weighted by molar-refractivity contribution is -0.142. The van der Waals surface area contributed by atoms with Crippen molar-refractivity contribution in [1.82, 2.24) is 10.1 Å². The number of nitrogens with zero attached hydrogens (tertiary/aromatic N) is 2. The van der Waals surface area contributed by atoms with E-state index in [1.807, 2.05) is 0 Å². The monoisotopic (exact) mass is 214 g/mol. The van der Waals surface area contributed by atoms with E-state index in [-0.39, 0.29) is 19.6 Å². The summed E-state index contributed by atoms with van der Waals surface area (Å²) in [5, 5.41) is 20.5. The first-order chi connectivity index (χ1) is 7.08. The molecule has 0 saturated heterocycles. The second kappa shape index (κ2) is 5.11. The lowest BCUT2D eigenvalue weighted by Gasteiger charge is -2.15. The summed E-state index contributed by atoms with van der Waals surface area (Å²) >= 11 is 0. The van der Waals surface area contributed by atoms with E-state index in [0.717, 1.165) is 0 Å². The molecule has 0 radical (unpaired) electrons. The van der Waals surface area contributed by atoms with Crippen LogP contribution in [0.2, 0.25) is 0 Å². The van der Waals surface area contributed by atoms with Crippen molar-refractivity contribution in [1.29, 1.82) is 0 Å². The van der Waals surface area contributed by atoms with Crippen molar-refractivity contribution >= 4 is 11.9 Å². The number of hydrogen-bond donors (Lipinski definition) is 2. The smallest absolute Gasteiger partial charge is 0.317 e. The predicted molar refractivity (Wildman–Crippen MR) is 47.1 cm³/mol. The maximum atomic E-state index is 10.4. The normalized spacial score (nSPS) is 10.5. The highest BCUT2D eigenvalue weighted by atomic mass is 16.5. The van der Waals surface area contributed by atoms with Crippen LogP contribution in [0.1, 0.15) is 5.56 Å². The Hall–Kier alpha value is -1.89. The van der Waals surface area contributed by atoms with Gasteiger partial charge in [-0.2, -0.15) is 0 Å². The van der Waals surface area contributed by atoms with E-state index >= 15 is 0 Å². The Balaban J connectivity index is 2.55. The highest BCUT2D eigenvalue weighted by Crippen LogP contribution is 2.02. The van der Waals surface area contributed by atoms with Crippen LogP contribution in [-0.4, -0.2) is 45.3 Å². The van der Waals surface area contributed by atoms with Crippen LogP contribution in [0, 0.1) is 0 Å². The molecule has 0 unspecified atom stereocenters. The molecular weight excluding hydrogens is 204 g/mol. The van der Waals surface area contributed by atoms with Gasteiger partial charge in [0.2, 0.25) is 0 Å². The first-order valence-corrected chi connectivity index (χ1v) is 4.12. The molecule has 0 amide bonds. The maximum Gasteiger partial charge on any atom is 0.317 e. The first-order valence-electron chi connectivity index (χ1n) is 4.12. The fourth-order valence-electron chi connectivity index (χ4n) is 1.11. The van der Waals surface area contributed by atoms with Crippen molar-refractivity contribution in [2.24, 2.45) is 0 Å². The molecule has 0 aliphatic carbocycles. The van der Waals surface area contributed by atoms with Gasteiger partial charge in [0.05, 0.1) is 19.3 Å². The zero-order chi connectivity index (χ0) is 11.3. The molecule has 1 aromatic rings. The van der Waals surface area contributed by atoms with Crippen molar-refractivity contribution < 1.29 is 24.3 Å². The summed E-state index contributed by atoms with van der Waals surface area (Å²) in [6.45, 7) is -0.489. The van der Waals surface area contributed by atoms with Crippen LogP contribution >= 0.6 is 0 Å². The predicted octanol–water partition coefficient (Wildman–Crippen LogP) is -0.354. The summed E-state index contributed by atoms with van der Waals surface area (Å²) in [6.07, 6.45) is 2.76. The van der Waals surface area contributed by atoms with Crippen LogP contribution in [0.3, 0.4) is 0 Å². The summed E-state index contributed by atoms with van der Waals surface area (Å²) in [5.41, 5.74) is 0.637. The second-order valence-electron chi connectivity index (χ2n) is 2.97. The molecule has 0 atom stereocenters. The molecule has 15 heavy (non-hydrogen) atoms. The van der Waals surface area contributed by atoms with Crippen molar-refractivity contribution in [2.45, 2.75) is 6.54 Å². The lowest BCUT2D eigenvalue weighted by Crippen LogP contribution is -2.33. The Labute approximate surface area is 84.9 Å². The molecule has 0 spiro atoms. The minimum Gasteiger partial charge on any atom is -0.480 e. The van der Waals surface area contributed by atoms with E-state index in [0.29, 0.717) is 5.56 Å². The molecule has 0 aliphatic rings. The molecule has 0 saturated carbocycles. The number of aromatic nitrogens is 1. The average molecular weight is 214 g/mol. The maximum absolute atomic E-state index is 10.4. The molecule has 0 bridgehead atoms. The standard InChI is InChI=1S/C8H10N2O5/c11-7(12)3-10(4-8(13)14)2-6-1-9-15-5-6/h1,5H,2-4H2,(H,11,12)(H,13,14). The summed E-state index contributed by atoms with van der Waals surface area (Å²) in [7, 11) is 0. The Morgan fingerprint density at radius 3 is 2.33 bits per heavy atom. The molecule has 1 rings (SSSR count). The van der Waals surface area contributed by atoms with Crippen LogP contribution in [0.25, 0.3) is 0 Å². The number of hydrogen-bond acceptors (Lipinski definition) is 5. The summed E-state index contributed by atoms with van der Waals surface area (Å²) in [6, 6.07) is 0. The van der Waals surface area contributed by atoms with Gasteiger partial charge in [-0.05, 0) is 0 Å². The number of carbonyl (C=O) groups is 2. The highest BCUT2D eigenvalue weighted by molar-refractivity contribution is 5.72. The fraction of sp³-hybridized carbons (Fsp3) is 0.375. The van der Waals surface area contributed by atoms with Crippen LogP contribution < -0.4 is 0 Å². The Morgan fingerprint density at radius 2 is 1.93 bits per heavy atom. The minimum atomic E-state index is -1.08. The molecule has 0 aromatic carbocycles. The van der Waals surface area contributed by atoms with Crippen molar-refractivity contribution in [3.63, 3.8) is 0 Å². The van der Waals surface area contributed by atoms with Crippen molar-refractivity contribution in [2.75, 3.05) is 13.1 Å². The summed E-state index contributed by atoms with van der Waals surface area (Å²) < 4.78 is 4.55. The van der Waals surface area contributed by atoms with E-state index in [1.165, 1.54) is 17.4 Å². The van der Waals surface area contributed by atoms with Crippen LogP contribution in [0.5, 0.6) is 0 Å². The second-order valence-corrected chi connectivity index (χ2v) is 2.97. The van der Waals surface area contributed by atoms with E-state index < -0.39 is 11.9 Å². The van der Waals surface area contributed by atoms with Crippen molar-refractivity contribution in [3.05, 3.63) is 18.0 Å². The van der Waals surface area contributed by atoms with E-state index in [1.54, 1.807) is 0 Å². The molecule has 82 valence electrons. The van der Waals surface area contributed by atoms with Gasteiger partial charge < -0.3 is 14.7 Å². The minimum absolute atomic E-state index is 0.183. The van der Waals surface area contributed by atoms with Crippen LogP contribution in [-0.2, 0) is 16.1 Å². The third-order valence-electron chi connectivity index (χ3n) is 1.61. The Morgan fingerprint density at radius 1 is 1.33 bits per heavy atom. The number of rotatable bonds is 6. The van der Waals surface area contributed by atoms with Gasteiger partial charge in [-0.3, -0.25) is 14.5 Å². The zero-order valence-corrected chi connectivity index (χ0v) is 7.79. The van der Waals surface area contributed by atoms with Gasteiger partial charge in [0.1, 0.15) is 6.26 Å². The number of carboxylic acids is 2. The summed E-state index contributed by atoms with van der Waals surface area (Å²) in [4.78, 5) is 22.2. The van der Waals surface area contributed by atoms with Crippen LogP contribution in [0.15, 0.2) is 17.0 Å². The third kappa shape index (κ3) is 4.23. The molecule has 0 aliphatic heterocycles. The summed E-state index contributed by atoms with van der Waals surface area (Å²) in [5.74, 6) is -2.15. The van der Waals surface area contributed by atoms with Gasteiger partial charge >= 0.3 is 11.9 Å². The van der Waals surface area contributed by atoms with E-state index in [2.05, 4.69) is 9.68 Å². The zero-order valence-electron chi connectivity index (χ0n) is 7.79. The molecule has 2 N–H and O–H groups in total. The van der Waals surface area contributed by atoms with Gasteiger partial charge in [-0.1, -0.05) is 5.16 Å². The molecule has 7 heteroatoms. The molecular formula is C8H10N2O5. The topological polar surface area (TPSA) is 104 Å². The van der Waals surface area contributed by atoms with E-state index in [9.17, 15) is 9.59 Å². The van der Waals surface area contributed by atoms with Gasteiger partial charge in [-0.15, -0.1) is 0 Å². The molecule has 1 heterocycles. The van der Waals surface area contributed by atoms with Gasteiger partial charge in [-0.25, -0.2) is 0 Å². The van der Waals surface area contributed by atoms with Crippen molar-refractivity contribution in [3.8, 4) is 0 Å². The molecule has 7 nitrogen and oxygen atoms in total. The fourth-order valence-corrected chi connectivity index (χ4v) is 1.11. The first kappa shape index (κ1) is 11.2. The van der Waals surface area contributed by atoms with Gasteiger partial charge in [0, 0.05) is 12.1 Å².